The van der Waals surface area contributed by atoms with Gasteiger partial charge in [0.1, 0.15) is 6.29 Å². The van der Waals surface area contributed by atoms with Gasteiger partial charge in [0.2, 0.25) is 0 Å². The number of anilines is 1. The molecule has 5 heteroatoms. The van der Waals surface area contributed by atoms with E-state index in [1.165, 1.54) is 12.1 Å². The van der Waals surface area contributed by atoms with Gasteiger partial charge in [0.15, 0.2) is 6.29 Å². The molecule has 0 aliphatic carbocycles. The summed E-state index contributed by atoms with van der Waals surface area (Å²) >= 11 is 0. The zero-order chi connectivity index (χ0) is 10.7. The minimum absolute atomic E-state index is 0.00176. The number of aldehydes is 2. The zero-order valence-corrected chi connectivity index (χ0v) is 7.19. The maximum absolute atomic E-state index is 10.9. The largest absolute Gasteiger partial charge is 0.397 e. The van der Waals surface area contributed by atoms with Crippen molar-refractivity contribution < 1.29 is 14.4 Å². The van der Waals surface area contributed by atoms with Crippen molar-refractivity contribution in [1.82, 2.24) is 0 Å². The van der Waals surface area contributed by atoms with E-state index in [1.807, 2.05) is 0 Å². The zero-order valence-electron chi connectivity index (χ0n) is 7.19. The molecule has 1 aromatic rings. The third-order valence-corrected chi connectivity index (χ3v) is 1.76. The smallest absolute Gasteiger partial charge is 0.250 e. The molecule has 72 valence electrons. The molecule has 4 N–H and O–H groups in total. The number of amides is 1. The Morgan fingerprint density at radius 1 is 1.21 bits per heavy atom. The van der Waals surface area contributed by atoms with E-state index in [2.05, 4.69) is 0 Å². The molecule has 0 heterocycles. The molecular weight excluding hydrogens is 184 g/mol. The van der Waals surface area contributed by atoms with Crippen LogP contribution in [0.2, 0.25) is 0 Å². The molecule has 0 radical (unpaired) electrons. The Kier molecular flexibility index (Phi) is 2.62. The fourth-order valence-electron chi connectivity index (χ4n) is 1.07. The van der Waals surface area contributed by atoms with Crippen molar-refractivity contribution in [2.75, 3.05) is 5.73 Å². The van der Waals surface area contributed by atoms with Crippen molar-refractivity contribution in [3.63, 3.8) is 0 Å². The number of rotatable bonds is 3. The van der Waals surface area contributed by atoms with Gasteiger partial charge in [0.25, 0.3) is 5.91 Å². The van der Waals surface area contributed by atoms with Crippen molar-refractivity contribution in [3.05, 3.63) is 28.8 Å². The van der Waals surface area contributed by atoms with Crippen LogP contribution in [0.3, 0.4) is 0 Å². The van der Waals surface area contributed by atoms with E-state index < -0.39 is 5.91 Å². The fourth-order valence-corrected chi connectivity index (χ4v) is 1.07. The molecule has 0 saturated heterocycles. The highest BCUT2D eigenvalue weighted by atomic mass is 16.1. The molecule has 0 aliphatic heterocycles. The molecule has 0 aliphatic rings. The van der Waals surface area contributed by atoms with Crippen LogP contribution in [0.1, 0.15) is 31.1 Å². The SMILES string of the molecule is NC(=O)c1cc(C=O)cc(C=O)c1N. The van der Waals surface area contributed by atoms with E-state index in [4.69, 9.17) is 11.5 Å². The predicted molar refractivity (Wildman–Crippen MR) is 50.1 cm³/mol. The number of hydrogen-bond acceptors (Lipinski definition) is 4. The summed E-state index contributed by atoms with van der Waals surface area (Å²) in [7, 11) is 0. The highest BCUT2D eigenvalue weighted by molar-refractivity contribution is 6.03. The van der Waals surface area contributed by atoms with E-state index >= 15 is 0 Å². The lowest BCUT2D eigenvalue weighted by Crippen LogP contribution is -2.15. The first-order chi connectivity index (χ1) is 6.60. The van der Waals surface area contributed by atoms with E-state index in [0.717, 1.165) is 0 Å². The Bertz CT molecular complexity index is 413. The Hall–Kier alpha value is -2.17. The van der Waals surface area contributed by atoms with Crippen LogP contribution in [0, 0.1) is 0 Å². The molecule has 1 aromatic carbocycles. The molecule has 5 nitrogen and oxygen atoms in total. The second-order valence-electron chi connectivity index (χ2n) is 2.67. The van der Waals surface area contributed by atoms with E-state index in [-0.39, 0.29) is 22.4 Å². The second-order valence-corrected chi connectivity index (χ2v) is 2.67. The first-order valence-electron chi connectivity index (χ1n) is 3.73. The fraction of sp³-hybridized carbons (Fsp3) is 0. The molecule has 0 unspecified atom stereocenters. The van der Waals surface area contributed by atoms with Crippen LogP contribution in [-0.4, -0.2) is 18.5 Å². The monoisotopic (exact) mass is 192 g/mol. The summed E-state index contributed by atoms with van der Waals surface area (Å²) in [6.45, 7) is 0. The van der Waals surface area contributed by atoms with Crippen LogP contribution >= 0.6 is 0 Å². The second kappa shape index (κ2) is 3.69. The number of nitrogen functional groups attached to an aromatic ring is 1. The lowest BCUT2D eigenvalue weighted by Gasteiger charge is -2.04. The summed E-state index contributed by atoms with van der Waals surface area (Å²) in [5, 5.41) is 0. The standard InChI is InChI=1S/C9H8N2O3/c10-8-6(4-13)1-5(3-12)2-7(8)9(11)14/h1-4H,10H2,(H2,11,14). The third kappa shape index (κ3) is 1.61. The van der Waals surface area contributed by atoms with Gasteiger partial charge in [-0.1, -0.05) is 0 Å². The van der Waals surface area contributed by atoms with Crippen molar-refractivity contribution in [2.24, 2.45) is 5.73 Å². The molecule has 1 amide bonds. The molecule has 14 heavy (non-hydrogen) atoms. The molecule has 0 spiro atoms. The first-order valence-corrected chi connectivity index (χ1v) is 3.73. The molecule has 0 bridgehead atoms. The van der Waals surface area contributed by atoms with Gasteiger partial charge in [-0.05, 0) is 12.1 Å². The number of nitrogens with two attached hydrogens (primary N) is 2. The molecule has 0 saturated carbocycles. The van der Waals surface area contributed by atoms with Crippen molar-refractivity contribution >= 4 is 24.2 Å². The van der Waals surface area contributed by atoms with Crippen molar-refractivity contribution in [2.45, 2.75) is 0 Å². The van der Waals surface area contributed by atoms with Gasteiger partial charge < -0.3 is 11.5 Å². The topological polar surface area (TPSA) is 103 Å². The van der Waals surface area contributed by atoms with Crippen LogP contribution in [0.15, 0.2) is 12.1 Å². The van der Waals surface area contributed by atoms with Gasteiger partial charge in [-0.2, -0.15) is 0 Å². The summed E-state index contributed by atoms with van der Waals surface area (Å²) in [5.74, 6) is -0.769. The maximum atomic E-state index is 10.9. The molecule has 0 fully saturated rings. The van der Waals surface area contributed by atoms with Crippen LogP contribution in [0.25, 0.3) is 0 Å². The predicted octanol–water partition coefficient (Wildman–Crippen LogP) is -0.00730. The van der Waals surface area contributed by atoms with Crippen LogP contribution in [0.4, 0.5) is 5.69 Å². The summed E-state index contributed by atoms with van der Waals surface area (Å²) in [4.78, 5) is 31.8. The lowest BCUT2D eigenvalue weighted by molar-refractivity contribution is 0.100. The average molecular weight is 192 g/mol. The van der Waals surface area contributed by atoms with Crippen molar-refractivity contribution in [3.8, 4) is 0 Å². The van der Waals surface area contributed by atoms with E-state index in [9.17, 15) is 14.4 Å². The van der Waals surface area contributed by atoms with Gasteiger partial charge >= 0.3 is 0 Å². The molecule has 1 rings (SSSR count). The number of benzene rings is 1. The number of carbonyl (C=O) groups excluding carboxylic acids is 3. The van der Waals surface area contributed by atoms with Crippen LogP contribution < -0.4 is 11.5 Å². The average Bonchev–Trinajstić information content (AvgIpc) is 2.17. The number of primary amides is 1. The number of hydrogen-bond donors (Lipinski definition) is 2. The molecule has 0 aromatic heterocycles. The van der Waals surface area contributed by atoms with Crippen molar-refractivity contribution in [1.29, 1.82) is 0 Å². The summed E-state index contributed by atoms with van der Waals surface area (Å²) in [6.07, 6.45) is 0.980. The van der Waals surface area contributed by atoms with Crippen LogP contribution in [-0.2, 0) is 0 Å². The Labute approximate surface area is 79.7 Å². The Balaban J connectivity index is 3.49. The highest BCUT2D eigenvalue weighted by Crippen LogP contribution is 2.17. The summed E-state index contributed by atoms with van der Waals surface area (Å²) in [5.41, 5.74) is 10.7. The minimum Gasteiger partial charge on any atom is -0.397 e. The lowest BCUT2D eigenvalue weighted by atomic mass is 10.0. The Morgan fingerprint density at radius 3 is 2.29 bits per heavy atom. The first kappa shape index (κ1) is 9.91. The van der Waals surface area contributed by atoms with Crippen LogP contribution in [0.5, 0.6) is 0 Å². The highest BCUT2D eigenvalue weighted by Gasteiger charge is 2.11. The molecular formula is C9H8N2O3. The van der Waals surface area contributed by atoms with E-state index in [1.54, 1.807) is 0 Å². The van der Waals surface area contributed by atoms with Gasteiger partial charge in [0.05, 0.1) is 11.3 Å². The van der Waals surface area contributed by atoms with Gasteiger partial charge in [0, 0.05) is 11.1 Å². The molecule has 0 atom stereocenters. The Morgan fingerprint density at radius 2 is 1.86 bits per heavy atom. The third-order valence-electron chi connectivity index (χ3n) is 1.76. The van der Waals surface area contributed by atoms with Gasteiger partial charge in [-0.3, -0.25) is 14.4 Å². The normalized spacial score (nSPS) is 9.43. The summed E-state index contributed by atoms with van der Waals surface area (Å²) < 4.78 is 0. The quantitative estimate of drug-likeness (QED) is 0.519. The van der Waals surface area contributed by atoms with Gasteiger partial charge in [-0.15, -0.1) is 0 Å². The number of carbonyl (C=O) groups is 3. The van der Waals surface area contributed by atoms with Gasteiger partial charge in [-0.25, -0.2) is 0 Å². The van der Waals surface area contributed by atoms with E-state index in [0.29, 0.717) is 12.6 Å². The maximum Gasteiger partial charge on any atom is 0.250 e. The minimum atomic E-state index is -0.769. The summed E-state index contributed by atoms with van der Waals surface area (Å²) in [6, 6.07) is 2.54.